The lowest BCUT2D eigenvalue weighted by Gasteiger charge is -2.29. The molecule has 168 valence electrons. The smallest absolute Gasteiger partial charge is 0.266 e. The van der Waals surface area contributed by atoms with Crippen molar-refractivity contribution in [3.63, 3.8) is 0 Å². The van der Waals surface area contributed by atoms with E-state index in [1.807, 2.05) is 50.2 Å². The molecule has 4 rings (SSSR count). The number of carbonyl (C=O) groups excluding carboxylic acids is 1. The van der Waals surface area contributed by atoms with Crippen LogP contribution in [0.5, 0.6) is 0 Å². The van der Waals surface area contributed by atoms with Crippen LogP contribution in [-0.4, -0.2) is 26.9 Å². The van der Waals surface area contributed by atoms with Gasteiger partial charge in [0.05, 0.1) is 22.6 Å². The van der Waals surface area contributed by atoms with E-state index >= 15 is 0 Å². The lowest BCUT2D eigenvalue weighted by atomic mass is 10.1. The normalized spacial score (nSPS) is 12.0. The molecule has 0 aliphatic heterocycles. The zero-order valence-corrected chi connectivity index (χ0v) is 19.0. The second-order valence-electron chi connectivity index (χ2n) is 7.92. The molecule has 1 unspecified atom stereocenters. The maximum absolute atomic E-state index is 13.6. The summed E-state index contributed by atoms with van der Waals surface area (Å²) in [5.41, 5.74) is 2.64. The summed E-state index contributed by atoms with van der Waals surface area (Å²) in [6.45, 7) is 6.21. The van der Waals surface area contributed by atoms with Gasteiger partial charge >= 0.3 is 0 Å². The van der Waals surface area contributed by atoms with E-state index < -0.39 is 11.9 Å². The Hall–Kier alpha value is -3.80. The maximum atomic E-state index is 13.6. The van der Waals surface area contributed by atoms with Crippen LogP contribution in [-0.2, 0) is 6.42 Å². The van der Waals surface area contributed by atoms with Crippen LogP contribution in [0.1, 0.15) is 48.6 Å². The first kappa shape index (κ1) is 22.4. The van der Waals surface area contributed by atoms with Gasteiger partial charge in [-0.25, -0.2) is 9.37 Å². The Morgan fingerprint density at radius 1 is 1.00 bits per heavy atom. The summed E-state index contributed by atoms with van der Waals surface area (Å²) in [4.78, 5) is 33.3. The molecule has 0 saturated carbocycles. The van der Waals surface area contributed by atoms with E-state index in [4.69, 9.17) is 4.98 Å². The van der Waals surface area contributed by atoms with Crippen LogP contribution < -0.4 is 5.56 Å². The molecule has 4 aromatic rings. The highest BCUT2D eigenvalue weighted by Crippen LogP contribution is 2.24. The molecule has 5 nitrogen and oxygen atoms in total. The molecule has 0 aliphatic carbocycles. The minimum Gasteiger partial charge on any atom is -0.329 e. The largest absolute Gasteiger partial charge is 0.329 e. The van der Waals surface area contributed by atoms with Crippen molar-refractivity contribution in [2.75, 3.05) is 6.54 Å². The molecule has 0 aliphatic rings. The fourth-order valence-corrected chi connectivity index (χ4v) is 4.05. The number of fused-ring (bicyclic) bond motifs is 1. The summed E-state index contributed by atoms with van der Waals surface area (Å²) in [6.07, 6.45) is 0.893. The molecular weight excluding hydrogens is 417 g/mol. The van der Waals surface area contributed by atoms with Crippen LogP contribution in [0.2, 0.25) is 0 Å². The average Bonchev–Trinajstić information content (AvgIpc) is 2.85. The van der Waals surface area contributed by atoms with E-state index in [-0.39, 0.29) is 11.5 Å². The Bertz CT molecular complexity index is 1340. The third-order valence-electron chi connectivity index (χ3n) is 5.94. The number of para-hydroxylation sites is 1. The number of carbonyl (C=O) groups is 1. The van der Waals surface area contributed by atoms with Gasteiger partial charge in [0, 0.05) is 12.1 Å². The van der Waals surface area contributed by atoms with Crippen molar-refractivity contribution in [3.8, 4) is 5.69 Å². The Balaban J connectivity index is 1.87. The molecule has 6 heteroatoms. The van der Waals surface area contributed by atoms with Crippen LogP contribution in [0.3, 0.4) is 0 Å². The number of benzene rings is 3. The van der Waals surface area contributed by atoms with Crippen molar-refractivity contribution < 1.29 is 9.18 Å². The molecule has 3 aromatic carbocycles. The van der Waals surface area contributed by atoms with Gasteiger partial charge in [0.1, 0.15) is 11.6 Å². The highest BCUT2D eigenvalue weighted by molar-refractivity contribution is 5.94. The number of aryl methyl sites for hydroxylation is 1. The number of hydrogen-bond donors (Lipinski definition) is 0. The van der Waals surface area contributed by atoms with Gasteiger partial charge in [0.2, 0.25) is 0 Å². The van der Waals surface area contributed by atoms with Crippen LogP contribution in [0.15, 0.2) is 77.6 Å². The van der Waals surface area contributed by atoms with Gasteiger partial charge in [0.15, 0.2) is 0 Å². The summed E-state index contributed by atoms with van der Waals surface area (Å²) in [5.74, 6) is -0.177. The van der Waals surface area contributed by atoms with Gasteiger partial charge in [-0.1, -0.05) is 31.2 Å². The van der Waals surface area contributed by atoms with E-state index in [2.05, 4.69) is 6.92 Å². The number of aromatic nitrogens is 2. The first-order valence-electron chi connectivity index (χ1n) is 11.1. The van der Waals surface area contributed by atoms with Crippen LogP contribution >= 0.6 is 0 Å². The topological polar surface area (TPSA) is 55.2 Å². The number of halogens is 1. The van der Waals surface area contributed by atoms with Crippen LogP contribution in [0.4, 0.5) is 4.39 Å². The summed E-state index contributed by atoms with van der Waals surface area (Å²) < 4.78 is 15.0. The molecule has 1 aromatic heterocycles. The minimum absolute atomic E-state index is 0.183. The van der Waals surface area contributed by atoms with Gasteiger partial charge in [-0.3, -0.25) is 14.2 Å². The number of hydrogen-bond acceptors (Lipinski definition) is 3. The van der Waals surface area contributed by atoms with E-state index in [1.165, 1.54) is 24.3 Å². The molecule has 0 radical (unpaired) electrons. The zero-order chi connectivity index (χ0) is 23.5. The third kappa shape index (κ3) is 4.29. The van der Waals surface area contributed by atoms with Crippen molar-refractivity contribution >= 4 is 16.8 Å². The van der Waals surface area contributed by atoms with Gasteiger partial charge in [-0.05, 0) is 74.4 Å². The fraction of sp³-hybridized carbons (Fsp3) is 0.222. The molecule has 0 N–H and O–H groups in total. The van der Waals surface area contributed by atoms with Crippen molar-refractivity contribution in [1.29, 1.82) is 0 Å². The minimum atomic E-state index is -0.504. The van der Waals surface area contributed by atoms with Crippen molar-refractivity contribution in [1.82, 2.24) is 14.5 Å². The zero-order valence-electron chi connectivity index (χ0n) is 19.0. The summed E-state index contributed by atoms with van der Waals surface area (Å²) >= 11 is 0. The second kappa shape index (κ2) is 9.36. The summed E-state index contributed by atoms with van der Waals surface area (Å²) in [6, 6.07) is 20.0. The van der Waals surface area contributed by atoms with Gasteiger partial charge < -0.3 is 4.90 Å². The van der Waals surface area contributed by atoms with Crippen molar-refractivity contribution in [3.05, 3.63) is 106 Å². The van der Waals surface area contributed by atoms with E-state index in [9.17, 15) is 14.0 Å². The molecule has 0 bridgehead atoms. The SMILES string of the molecule is CCc1ccc(-n2c(C(C)N(CC)C(=O)c3ccc(F)cc3)nc3ccccc3c2=O)cc1. The standard InChI is InChI=1S/C27H26FN3O2/c1-4-19-10-16-22(17-11-19)31-25(29-24-9-7-6-8-23(24)27(31)33)18(3)30(5-2)26(32)20-12-14-21(28)15-13-20/h6-18H,4-5H2,1-3H3. The lowest BCUT2D eigenvalue weighted by molar-refractivity contribution is 0.0693. The first-order valence-corrected chi connectivity index (χ1v) is 11.1. The molecule has 1 heterocycles. The third-order valence-corrected chi connectivity index (χ3v) is 5.94. The maximum Gasteiger partial charge on any atom is 0.266 e. The molecule has 1 amide bonds. The Labute approximate surface area is 192 Å². The second-order valence-corrected chi connectivity index (χ2v) is 7.92. The van der Waals surface area contributed by atoms with Crippen molar-refractivity contribution in [2.24, 2.45) is 0 Å². The Morgan fingerprint density at radius 3 is 2.30 bits per heavy atom. The molecule has 0 saturated heterocycles. The number of amides is 1. The predicted molar refractivity (Wildman–Crippen MR) is 128 cm³/mol. The predicted octanol–water partition coefficient (Wildman–Crippen LogP) is 5.31. The number of nitrogens with zero attached hydrogens (tertiary/aromatic N) is 3. The van der Waals surface area contributed by atoms with Crippen LogP contribution in [0.25, 0.3) is 16.6 Å². The summed E-state index contributed by atoms with van der Waals surface area (Å²) in [7, 11) is 0. The average molecular weight is 444 g/mol. The van der Waals surface area contributed by atoms with E-state index in [1.54, 1.807) is 21.6 Å². The van der Waals surface area contributed by atoms with E-state index in [0.717, 1.165) is 12.0 Å². The molecule has 1 atom stereocenters. The molecule has 0 fully saturated rings. The molecular formula is C27H26FN3O2. The Morgan fingerprint density at radius 2 is 1.67 bits per heavy atom. The lowest BCUT2D eigenvalue weighted by Crippen LogP contribution is -2.37. The highest BCUT2D eigenvalue weighted by atomic mass is 19.1. The molecule has 33 heavy (non-hydrogen) atoms. The Kier molecular flexibility index (Phi) is 6.36. The molecule has 0 spiro atoms. The number of rotatable bonds is 6. The summed E-state index contributed by atoms with van der Waals surface area (Å²) in [5, 5.41) is 0.515. The van der Waals surface area contributed by atoms with Crippen molar-refractivity contribution in [2.45, 2.75) is 33.2 Å². The van der Waals surface area contributed by atoms with Gasteiger partial charge in [-0.2, -0.15) is 0 Å². The fourth-order valence-electron chi connectivity index (χ4n) is 4.05. The first-order chi connectivity index (χ1) is 15.9. The van der Waals surface area contributed by atoms with Crippen LogP contribution in [0, 0.1) is 5.82 Å². The highest BCUT2D eigenvalue weighted by Gasteiger charge is 2.26. The monoisotopic (exact) mass is 443 g/mol. The van der Waals surface area contributed by atoms with E-state index in [0.29, 0.717) is 34.5 Å². The van der Waals surface area contributed by atoms with Gasteiger partial charge in [-0.15, -0.1) is 0 Å². The van der Waals surface area contributed by atoms with Gasteiger partial charge in [0.25, 0.3) is 11.5 Å². The quantitative estimate of drug-likeness (QED) is 0.406.